The zero-order valence-corrected chi connectivity index (χ0v) is 16.5. The van der Waals surface area contributed by atoms with Gasteiger partial charge in [-0.3, -0.25) is 4.79 Å². The minimum absolute atomic E-state index is 0.0599. The van der Waals surface area contributed by atoms with Crippen molar-refractivity contribution in [3.8, 4) is 11.5 Å². The number of carbonyl (C=O) groups is 1. The standard InChI is InChI=1S/C24H23NO2S/c26-23(25-16-24(12-5-6-13-24)17-11-14-28-15-17)22-18-7-1-3-9-20(18)27-21-10-4-2-8-19(21)22/h1-4,7-11,14-15,22H,5-6,12-13,16H2,(H,25,26). The zero-order chi connectivity index (χ0) is 19.0. The number of para-hydroxylation sites is 2. The Morgan fingerprint density at radius 1 is 1.00 bits per heavy atom. The van der Waals surface area contributed by atoms with Gasteiger partial charge in [0.2, 0.25) is 5.91 Å². The average molecular weight is 390 g/mol. The molecule has 0 unspecified atom stereocenters. The first-order chi connectivity index (χ1) is 13.8. The molecule has 0 radical (unpaired) electrons. The Morgan fingerprint density at radius 2 is 1.64 bits per heavy atom. The van der Waals surface area contributed by atoms with Crippen LogP contribution in [0.15, 0.2) is 65.4 Å². The van der Waals surface area contributed by atoms with Crippen molar-refractivity contribution in [2.24, 2.45) is 0 Å². The van der Waals surface area contributed by atoms with Crippen LogP contribution in [0.25, 0.3) is 0 Å². The maximum atomic E-state index is 13.4. The maximum absolute atomic E-state index is 13.4. The minimum Gasteiger partial charge on any atom is -0.457 e. The van der Waals surface area contributed by atoms with Crippen LogP contribution in [0, 0.1) is 0 Å². The van der Waals surface area contributed by atoms with Crippen LogP contribution in [-0.4, -0.2) is 12.5 Å². The van der Waals surface area contributed by atoms with Gasteiger partial charge in [-0.15, -0.1) is 0 Å². The second-order valence-corrected chi connectivity index (χ2v) is 8.61. The van der Waals surface area contributed by atoms with Crippen LogP contribution in [0.3, 0.4) is 0 Å². The lowest BCUT2D eigenvalue weighted by atomic mass is 9.80. The summed E-state index contributed by atoms with van der Waals surface area (Å²) < 4.78 is 6.04. The van der Waals surface area contributed by atoms with Crippen LogP contribution in [0.4, 0.5) is 0 Å². The number of hydrogen-bond acceptors (Lipinski definition) is 3. The van der Waals surface area contributed by atoms with E-state index < -0.39 is 0 Å². The summed E-state index contributed by atoms with van der Waals surface area (Å²) in [4.78, 5) is 13.4. The first-order valence-corrected chi connectivity index (χ1v) is 10.9. The van der Waals surface area contributed by atoms with Crippen molar-refractivity contribution in [2.75, 3.05) is 6.54 Å². The Kier molecular flexibility index (Phi) is 4.44. The van der Waals surface area contributed by atoms with E-state index in [0.29, 0.717) is 6.54 Å². The van der Waals surface area contributed by atoms with E-state index in [-0.39, 0.29) is 17.2 Å². The SMILES string of the molecule is O=C(NCC1(c2ccsc2)CCCC1)C1c2ccccc2Oc2ccccc21. The number of ether oxygens (including phenoxy) is 1. The molecule has 4 heteroatoms. The van der Waals surface area contributed by atoms with Crippen molar-refractivity contribution in [1.29, 1.82) is 0 Å². The molecule has 1 amide bonds. The highest BCUT2D eigenvalue weighted by Crippen LogP contribution is 2.45. The van der Waals surface area contributed by atoms with E-state index in [2.05, 4.69) is 22.1 Å². The molecular formula is C24H23NO2S. The van der Waals surface area contributed by atoms with Gasteiger partial charge in [-0.1, -0.05) is 49.2 Å². The predicted octanol–water partition coefficient (Wildman–Crippen LogP) is 5.61. The lowest BCUT2D eigenvalue weighted by Crippen LogP contribution is -2.41. The molecule has 28 heavy (non-hydrogen) atoms. The molecule has 1 aliphatic heterocycles. The Hall–Kier alpha value is -2.59. The van der Waals surface area contributed by atoms with E-state index in [1.165, 1.54) is 18.4 Å². The summed E-state index contributed by atoms with van der Waals surface area (Å²) in [5, 5.41) is 7.70. The number of carbonyl (C=O) groups excluding carboxylic acids is 1. The largest absolute Gasteiger partial charge is 0.457 e. The highest BCUT2D eigenvalue weighted by atomic mass is 32.1. The minimum atomic E-state index is -0.331. The van der Waals surface area contributed by atoms with Gasteiger partial charge in [-0.25, -0.2) is 0 Å². The molecule has 3 aromatic rings. The molecule has 0 saturated heterocycles. The van der Waals surface area contributed by atoms with Gasteiger partial charge in [0, 0.05) is 23.1 Å². The Balaban J connectivity index is 1.44. The van der Waals surface area contributed by atoms with E-state index in [1.54, 1.807) is 11.3 Å². The molecule has 2 heterocycles. The first kappa shape index (κ1) is 17.5. The fraction of sp³-hybridized carbons (Fsp3) is 0.292. The topological polar surface area (TPSA) is 38.3 Å². The summed E-state index contributed by atoms with van der Waals surface area (Å²) in [7, 11) is 0. The molecular weight excluding hydrogens is 366 g/mol. The fourth-order valence-electron chi connectivity index (χ4n) is 4.74. The summed E-state index contributed by atoms with van der Waals surface area (Å²) in [5.74, 6) is 1.27. The van der Waals surface area contributed by atoms with Crippen molar-refractivity contribution < 1.29 is 9.53 Å². The van der Waals surface area contributed by atoms with Crippen molar-refractivity contribution in [3.63, 3.8) is 0 Å². The molecule has 0 atom stereocenters. The van der Waals surface area contributed by atoms with Crippen LogP contribution in [0.2, 0.25) is 0 Å². The van der Waals surface area contributed by atoms with E-state index >= 15 is 0 Å². The van der Waals surface area contributed by atoms with Gasteiger partial charge in [-0.05, 0) is 47.4 Å². The third-order valence-electron chi connectivity index (χ3n) is 6.24. The fourth-order valence-corrected chi connectivity index (χ4v) is 5.52. The number of benzene rings is 2. The molecule has 2 aromatic carbocycles. The lowest BCUT2D eigenvalue weighted by molar-refractivity contribution is -0.122. The molecule has 1 aliphatic carbocycles. The molecule has 5 rings (SSSR count). The molecule has 1 fully saturated rings. The zero-order valence-electron chi connectivity index (χ0n) is 15.7. The molecule has 2 aliphatic rings. The van der Waals surface area contributed by atoms with Crippen molar-refractivity contribution in [3.05, 3.63) is 82.0 Å². The van der Waals surface area contributed by atoms with Crippen molar-refractivity contribution in [2.45, 2.75) is 37.0 Å². The quantitative estimate of drug-likeness (QED) is 0.629. The summed E-state index contributed by atoms with van der Waals surface area (Å²) >= 11 is 1.74. The van der Waals surface area contributed by atoms with Crippen LogP contribution in [0.5, 0.6) is 11.5 Å². The smallest absolute Gasteiger partial charge is 0.232 e. The monoisotopic (exact) mass is 389 g/mol. The number of fused-ring (bicyclic) bond motifs is 2. The highest BCUT2D eigenvalue weighted by molar-refractivity contribution is 7.08. The van der Waals surface area contributed by atoms with Crippen LogP contribution in [0.1, 0.15) is 48.3 Å². The molecule has 1 aromatic heterocycles. The predicted molar refractivity (Wildman–Crippen MR) is 112 cm³/mol. The summed E-state index contributed by atoms with van der Waals surface area (Å²) in [6.45, 7) is 0.699. The molecule has 0 spiro atoms. The summed E-state index contributed by atoms with van der Waals surface area (Å²) in [6.07, 6.45) is 4.75. The van der Waals surface area contributed by atoms with Gasteiger partial charge in [0.15, 0.2) is 0 Å². The maximum Gasteiger partial charge on any atom is 0.232 e. The average Bonchev–Trinajstić information content (AvgIpc) is 3.43. The Morgan fingerprint density at radius 3 is 2.25 bits per heavy atom. The number of rotatable bonds is 4. The van der Waals surface area contributed by atoms with Gasteiger partial charge < -0.3 is 10.1 Å². The van der Waals surface area contributed by atoms with Gasteiger partial charge in [0.25, 0.3) is 0 Å². The third kappa shape index (κ3) is 2.92. The number of nitrogens with one attached hydrogen (secondary N) is 1. The lowest BCUT2D eigenvalue weighted by Gasteiger charge is -2.31. The normalized spacial score (nSPS) is 17.4. The van der Waals surface area contributed by atoms with Gasteiger partial charge in [0.05, 0.1) is 5.92 Å². The van der Waals surface area contributed by atoms with Crippen LogP contribution >= 0.6 is 11.3 Å². The van der Waals surface area contributed by atoms with Gasteiger partial charge in [-0.2, -0.15) is 11.3 Å². The van der Waals surface area contributed by atoms with E-state index in [1.807, 2.05) is 48.5 Å². The number of amides is 1. The Labute approximate surface area is 169 Å². The van der Waals surface area contributed by atoms with Crippen LogP contribution < -0.4 is 10.1 Å². The summed E-state index contributed by atoms with van der Waals surface area (Å²) in [5.41, 5.74) is 3.34. The summed E-state index contributed by atoms with van der Waals surface area (Å²) in [6, 6.07) is 17.9. The Bertz CT molecular complexity index is 944. The molecule has 142 valence electrons. The van der Waals surface area contributed by atoms with Gasteiger partial charge in [0.1, 0.15) is 11.5 Å². The number of thiophene rings is 1. The molecule has 3 nitrogen and oxygen atoms in total. The first-order valence-electron chi connectivity index (χ1n) is 9.93. The van der Waals surface area contributed by atoms with E-state index in [0.717, 1.165) is 35.5 Å². The molecule has 1 N–H and O–H groups in total. The number of hydrogen-bond donors (Lipinski definition) is 1. The molecule has 0 bridgehead atoms. The van der Waals surface area contributed by atoms with E-state index in [4.69, 9.17) is 4.74 Å². The second-order valence-electron chi connectivity index (χ2n) is 7.83. The van der Waals surface area contributed by atoms with Crippen molar-refractivity contribution >= 4 is 17.2 Å². The highest BCUT2D eigenvalue weighted by Gasteiger charge is 2.38. The van der Waals surface area contributed by atoms with Crippen LogP contribution in [-0.2, 0) is 10.2 Å². The second kappa shape index (κ2) is 7.10. The molecule has 1 saturated carbocycles. The van der Waals surface area contributed by atoms with E-state index in [9.17, 15) is 4.79 Å². The third-order valence-corrected chi connectivity index (χ3v) is 6.92. The van der Waals surface area contributed by atoms with Gasteiger partial charge >= 0.3 is 0 Å². The van der Waals surface area contributed by atoms with Crippen molar-refractivity contribution in [1.82, 2.24) is 5.32 Å².